The van der Waals surface area contributed by atoms with Gasteiger partial charge in [0.05, 0.1) is 5.56 Å². The number of nitrogens with zero attached hydrogens (tertiary/aromatic N) is 3. The molecule has 0 aliphatic carbocycles. The van der Waals surface area contributed by atoms with Crippen LogP contribution in [0.3, 0.4) is 0 Å². The molecule has 1 saturated heterocycles. The van der Waals surface area contributed by atoms with Gasteiger partial charge in [0.2, 0.25) is 0 Å². The van der Waals surface area contributed by atoms with Crippen molar-refractivity contribution in [3.8, 4) is 0 Å². The van der Waals surface area contributed by atoms with Gasteiger partial charge in [0.25, 0.3) is 5.91 Å². The smallest absolute Gasteiger partial charge is 0.257 e. The Morgan fingerprint density at radius 1 is 1.50 bits per heavy atom. The zero-order valence-electron chi connectivity index (χ0n) is 12.6. The fourth-order valence-electron chi connectivity index (χ4n) is 2.79. The van der Waals surface area contributed by atoms with E-state index in [0.717, 1.165) is 32.5 Å². The van der Waals surface area contributed by atoms with Crippen molar-refractivity contribution in [3.63, 3.8) is 0 Å². The summed E-state index contributed by atoms with van der Waals surface area (Å²) in [7, 11) is 3.92. The molecular weight excluding hydrogens is 252 g/mol. The monoisotopic (exact) mass is 276 g/mol. The number of hydrogen-bond acceptors (Lipinski definition) is 4. The molecule has 1 aliphatic heterocycles. The van der Waals surface area contributed by atoms with Crippen molar-refractivity contribution in [1.29, 1.82) is 0 Å². The molecule has 0 aromatic carbocycles. The SMILES string of the molecule is CCC1CN(C)CCCN1C(=O)c1cccnc1NC. The number of hydrogen-bond donors (Lipinski definition) is 1. The van der Waals surface area contributed by atoms with Crippen LogP contribution in [0.2, 0.25) is 0 Å². The first kappa shape index (κ1) is 14.8. The molecule has 2 heterocycles. The summed E-state index contributed by atoms with van der Waals surface area (Å²) in [5.74, 6) is 0.745. The molecule has 0 saturated carbocycles. The predicted molar refractivity (Wildman–Crippen MR) is 81.0 cm³/mol. The zero-order valence-corrected chi connectivity index (χ0v) is 12.6. The van der Waals surface area contributed by atoms with Crippen molar-refractivity contribution in [3.05, 3.63) is 23.9 Å². The number of carbonyl (C=O) groups is 1. The molecule has 1 N–H and O–H groups in total. The number of rotatable bonds is 3. The highest BCUT2D eigenvalue weighted by Crippen LogP contribution is 2.19. The first-order valence-electron chi connectivity index (χ1n) is 7.29. The lowest BCUT2D eigenvalue weighted by molar-refractivity contribution is 0.0676. The molecule has 0 bridgehead atoms. The summed E-state index contributed by atoms with van der Waals surface area (Å²) in [6.07, 6.45) is 3.70. The number of carbonyl (C=O) groups excluding carboxylic acids is 1. The summed E-state index contributed by atoms with van der Waals surface area (Å²) in [5, 5.41) is 3.00. The molecule has 1 unspecified atom stereocenters. The normalized spacial score (nSPS) is 20.6. The maximum Gasteiger partial charge on any atom is 0.257 e. The highest BCUT2D eigenvalue weighted by molar-refractivity contribution is 5.98. The van der Waals surface area contributed by atoms with Crippen molar-refractivity contribution >= 4 is 11.7 Å². The van der Waals surface area contributed by atoms with Crippen LogP contribution in [-0.4, -0.2) is 60.5 Å². The van der Waals surface area contributed by atoms with Crippen LogP contribution in [0.25, 0.3) is 0 Å². The van der Waals surface area contributed by atoms with E-state index < -0.39 is 0 Å². The topological polar surface area (TPSA) is 48.5 Å². The fraction of sp³-hybridized carbons (Fsp3) is 0.600. The van der Waals surface area contributed by atoms with Gasteiger partial charge in [-0.25, -0.2) is 4.98 Å². The Bertz CT molecular complexity index is 463. The van der Waals surface area contributed by atoms with Gasteiger partial charge in [-0.1, -0.05) is 6.92 Å². The predicted octanol–water partition coefficient (Wildman–Crippen LogP) is 1.68. The van der Waals surface area contributed by atoms with Crippen LogP contribution >= 0.6 is 0 Å². The Labute approximate surface area is 121 Å². The van der Waals surface area contributed by atoms with Gasteiger partial charge < -0.3 is 15.1 Å². The number of anilines is 1. The average Bonchev–Trinajstić information content (AvgIpc) is 2.67. The van der Waals surface area contributed by atoms with Gasteiger partial charge in [-0.3, -0.25) is 4.79 Å². The molecular formula is C15H24N4O. The van der Waals surface area contributed by atoms with Crippen LogP contribution in [0.15, 0.2) is 18.3 Å². The Balaban J connectivity index is 2.25. The maximum atomic E-state index is 12.8. The summed E-state index contributed by atoms with van der Waals surface area (Å²) in [4.78, 5) is 21.4. The summed E-state index contributed by atoms with van der Waals surface area (Å²) in [5.41, 5.74) is 0.665. The quantitative estimate of drug-likeness (QED) is 0.912. The standard InChI is InChI=1S/C15H24N4O/c1-4-12-11-18(3)9-6-10-19(12)15(20)13-7-5-8-17-14(13)16-2/h5,7-8,12H,4,6,9-11H2,1-3H3,(H,16,17). The van der Waals surface area contributed by atoms with Gasteiger partial charge in [-0.05, 0) is 38.6 Å². The average molecular weight is 276 g/mol. The van der Waals surface area contributed by atoms with E-state index in [1.54, 1.807) is 13.2 Å². The number of nitrogens with one attached hydrogen (secondary N) is 1. The number of amides is 1. The molecule has 1 aromatic rings. The van der Waals surface area contributed by atoms with Crippen molar-refractivity contribution in [1.82, 2.24) is 14.8 Å². The first-order chi connectivity index (χ1) is 9.67. The van der Waals surface area contributed by atoms with E-state index in [-0.39, 0.29) is 11.9 Å². The molecule has 1 amide bonds. The largest absolute Gasteiger partial charge is 0.372 e. The van der Waals surface area contributed by atoms with E-state index in [1.807, 2.05) is 17.0 Å². The molecule has 1 aliphatic rings. The van der Waals surface area contributed by atoms with Crippen LogP contribution in [0.1, 0.15) is 30.1 Å². The summed E-state index contributed by atoms with van der Waals surface area (Å²) < 4.78 is 0. The van der Waals surface area contributed by atoms with Crippen molar-refractivity contribution in [2.75, 3.05) is 39.0 Å². The molecule has 0 spiro atoms. The molecule has 0 radical (unpaired) electrons. The lowest BCUT2D eigenvalue weighted by Gasteiger charge is -2.30. The van der Waals surface area contributed by atoms with E-state index in [9.17, 15) is 4.79 Å². The Kier molecular flexibility index (Phi) is 4.95. The second kappa shape index (κ2) is 6.70. The summed E-state index contributed by atoms with van der Waals surface area (Å²) in [6, 6.07) is 3.95. The maximum absolute atomic E-state index is 12.8. The third kappa shape index (κ3) is 3.10. The van der Waals surface area contributed by atoms with Crippen LogP contribution < -0.4 is 5.32 Å². The van der Waals surface area contributed by atoms with Crippen LogP contribution in [0, 0.1) is 0 Å². The lowest BCUT2D eigenvalue weighted by Crippen LogP contribution is -2.43. The van der Waals surface area contributed by atoms with Crippen LogP contribution in [0.5, 0.6) is 0 Å². The van der Waals surface area contributed by atoms with Crippen LogP contribution in [0.4, 0.5) is 5.82 Å². The van der Waals surface area contributed by atoms with Crippen molar-refractivity contribution in [2.24, 2.45) is 0 Å². The second-order valence-corrected chi connectivity index (χ2v) is 5.33. The highest BCUT2D eigenvalue weighted by atomic mass is 16.2. The van der Waals surface area contributed by atoms with E-state index in [1.165, 1.54) is 0 Å². The first-order valence-corrected chi connectivity index (χ1v) is 7.29. The van der Waals surface area contributed by atoms with Gasteiger partial charge in [-0.15, -0.1) is 0 Å². The molecule has 110 valence electrons. The minimum atomic E-state index is 0.0876. The van der Waals surface area contributed by atoms with Gasteiger partial charge >= 0.3 is 0 Å². The van der Waals surface area contributed by atoms with Crippen LogP contribution in [-0.2, 0) is 0 Å². The Hall–Kier alpha value is -1.62. The number of aromatic nitrogens is 1. The Morgan fingerprint density at radius 3 is 3.00 bits per heavy atom. The van der Waals surface area contributed by atoms with E-state index in [0.29, 0.717) is 11.4 Å². The number of pyridine rings is 1. The molecule has 5 nitrogen and oxygen atoms in total. The molecule has 20 heavy (non-hydrogen) atoms. The fourth-order valence-corrected chi connectivity index (χ4v) is 2.79. The molecule has 1 aromatic heterocycles. The van der Waals surface area contributed by atoms with Crippen molar-refractivity contribution < 1.29 is 4.79 Å². The van der Waals surface area contributed by atoms with E-state index in [2.05, 4.69) is 29.2 Å². The van der Waals surface area contributed by atoms with Crippen molar-refractivity contribution in [2.45, 2.75) is 25.8 Å². The zero-order chi connectivity index (χ0) is 14.5. The third-order valence-electron chi connectivity index (χ3n) is 3.91. The molecule has 2 rings (SSSR count). The second-order valence-electron chi connectivity index (χ2n) is 5.33. The van der Waals surface area contributed by atoms with E-state index in [4.69, 9.17) is 0 Å². The molecule has 5 heteroatoms. The van der Waals surface area contributed by atoms with Gasteiger partial charge in [0, 0.05) is 32.4 Å². The number of likely N-dealkylation sites (N-methyl/N-ethyl adjacent to an activating group) is 1. The highest BCUT2D eigenvalue weighted by Gasteiger charge is 2.28. The Morgan fingerprint density at radius 2 is 2.30 bits per heavy atom. The minimum Gasteiger partial charge on any atom is -0.372 e. The van der Waals surface area contributed by atoms with Gasteiger partial charge in [0.15, 0.2) is 0 Å². The lowest BCUT2D eigenvalue weighted by atomic mass is 10.1. The minimum absolute atomic E-state index is 0.0876. The van der Waals surface area contributed by atoms with Gasteiger partial charge in [0.1, 0.15) is 5.82 Å². The molecule has 1 fully saturated rings. The summed E-state index contributed by atoms with van der Waals surface area (Å²) in [6.45, 7) is 4.95. The summed E-state index contributed by atoms with van der Waals surface area (Å²) >= 11 is 0. The van der Waals surface area contributed by atoms with E-state index >= 15 is 0 Å². The van der Waals surface area contributed by atoms with Gasteiger partial charge in [-0.2, -0.15) is 0 Å². The third-order valence-corrected chi connectivity index (χ3v) is 3.91. The molecule has 1 atom stereocenters.